The summed E-state index contributed by atoms with van der Waals surface area (Å²) in [5.74, 6) is -0.681. The second kappa shape index (κ2) is 8.37. The molecule has 7 aliphatic rings. The molecule has 5 heterocycles. The summed E-state index contributed by atoms with van der Waals surface area (Å²) in [6.45, 7) is 10.7. The molecule has 0 amide bonds. The van der Waals surface area contributed by atoms with E-state index in [2.05, 4.69) is 13.8 Å². The fourth-order valence-corrected chi connectivity index (χ4v) is 8.48. The summed E-state index contributed by atoms with van der Waals surface area (Å²) in [6.07, 6.45) is 0.301. The van der Waals surface area contributed by atoms with E-state index in [9.17, 15) is 14.7 Å². The summed E-state index contributed by atoms with van der Waals surface area (Å²) in [5.41, 5.74) is -2.39. The van der Waals surface area contributed by atoms with E-state index in [0.29, 0.717) is 31.8 Å². The third kappa shape index (κ3) is 3.12. The number of aliphatic hydroxyl groups is 1. The van der Waals surface area contributed by atoms with Gasteiger partial charge in [0.1, 0.15) is 23.2 Å². The monoisotopic (exact) mass is 508 g/mol. The molecule has 5 aliphatic heterocycles. The third-order valence-electron chi connectivity index (χ3n) is 10.9. The van der Waals surface area contributed by atoms with Crippen LogP contribution in [0.3, 0.4) is 0 Å². The van der Waals surface area contributed by atoms with E-state index < -0.39 is 41.6 Å². The zero-order valence-corrected chi connectivity index (χ0v) is 21.9. The van der Waals surface area contributed by atoms with Gasteiger partial charge in [-0.05, 0) is 43.9 Å². The molecule has 2 aliphatic carbocycles. The zero-order chi connectivity index (χ0) is 25.6. The normalized spacial score (nSPS) is 53.6. The van der Waals surface area contributed by atoms with Crippen molar-refractivity contribution in [2.75, 3.05) is 13.2 Å². The highest BCUT2D eigenvalue weighted by molar-refractivity contribution is 5.72. The Morgan fingerprint density at radius 1 is 1.17 bits per heavy atom. The van der Waals surface area contributed by atoms with E-state index in [0.717, 1.165) is 19.4 Å². The number of carbonyl (C=O) groups is 2. The van der Waals surface area contributed by atoms with Gasteiger partial charge in [-0.3, -0.25) is 9.59 Å². The van der Waals surface area contributed by atoms with Crippen LogP contribution < -0.4 is 0 Å². The van der Waals surface area contributed by atoms with Gasteiger partial charge in [0.15, 0.2) is 6.29 Å². The maximum absolute atomic E-state index is 13.1. The summed E-state index contributed by atoms with van der Waals surface area (Å²) < 4.78 is 37.1. The molecular formula is C27H40O9. The van der Waals surface area contributed by atoms with Crippen molar-refractivity contribution < 1.29 is 43.1 Å². The highest BCUT2D eigenvalue weighted by atomic mass is 16.7. The SMILES string of the molecule is CCC(C)C(=O)O[C@@H]1O[C@@H]2C[C@@H]3[C@@](C)([C@@H]4C[C@H]5CCO[C@H]5O4)[C@H](C)C[C@H](OC(C)=O)[C@]13[C@@]1(CO1)[C@H]2O. The Hall–Kier alpha value is -1.26. The lowest BCUT2D eigenvalue weighted by atomic mass is 9.40. The molecule has 202 valence electrons. The molecule has 0 aromatic carbocycles. The number of fused-ring (bicyclic) bond motifs is 2. The Balaban J connectivity index is 1.47. The average Bonchev–Trinajstić information content (AvgIpc) is 3.32. The maximum Gasteiger partial charge on any atom is 0.310 e. The van der Waals surface area contributed by atoms with Crippen LogP contribution in [0, 0.1) is 34.5 Å². The summed E-state index contributed by atoms with van der Waals surface area (Å²) in [7, 11) is 0. The first-order chi connectivity index (χ1) is 17.1. The number of epoxide rings is 1. The van der Waals surface area contributed by atoms with Crippen LogP contribution in [-0.4, -0.2) is 72.9 Å². The number of rotatable bonds is 5. The summed E-state index contributed by atoms with van der Waals surface area (Å²) >= 11 is 0. The Labute approximate surface area is 212 Å². The molecule has 7 fully saturated rings. The third-order valence-corrected chi connectivity index (χ3v) is 10.9. The quantitative estimate of drug-likeness (QED) is 0.442. The van der Waals surface area contributed by atoms with E-state index in [1.807, 2.05) is 13.8 Å². The molecule has 9 nitrogen and oxygen atoms in total. The van der Waals surface area contributed by atoms with Gasteiger partial charge in [-0.15, -0.1) is 0 Å². The molecular weight excluding hydrogens is 468 g/mol. The topological polar surface area (TPSA) is 113 Å². The van der Waals surface area contributed by atoms with Crippen molar-refractivity contribution in [1.29, 1.82) is 0 Å². The van der Waals surface area contributed by atoms with Crippen molar-refractivity contribution in [2.24, 2.45) is 34.5 Å². The zero-order valence-electron chi connectivity index (χ0n) is 21.9. The highest BCUT2D eigenvalue weighted by Crippen LogP contribution is 2.74. The van der Waals surface area contributed by atoms with Crippen LogP contribution in [0.5, 0.6) is 0 Å². The molecule has 36 heavy (non-hydrogen) atoms. The predicted octanol–water partition coefficient (Wildman–Crippen LogP) is 2.57. The van der Waals surface area contributed by atoms with E-state index in [4.69, 9.17) is 28.4 Å². The first kappa shape index (κ1) is 25.0. The van der Waals surface area contributed by atoms with Crippen LogP contribution in [0.2, 0.25) is 0 Å². The highest BCUT2D eigenvalue weighted by Gasteiger charge is 2.86. The van der Waals surface area contributed by atoms with E-state index in [1.165, 1.54) is 6.92 Å². The summed E-state index contributed by atoms with van der Waals surface area (Å²) in [4.78, 5) is 25.5. The maximum atomic E-state index is 13.1. The van der Waals surface area contributed by atoms with Gasteiger partial charge < -0.3 is 33.5 Å². The Bertz CT molecular complexity index is 907. The van der Waals surface area contributed by atoms with Crippen LogP contribution in [0.15, 0.2) is 0 Å². The number of carbonyl (C=O) groups excluding carboxylic acids is 2. The van der Waals surface area contributed by atoms with Gasteiger partial charge in [0.2, 0.25) is 6.29 Å². The molecule has 1 unspecified atom stereocenters. The molecule has 7 rings (SSSR count). The first-order valence-electron chi connectivity index (χ1n) is 13.7. The molecule has 5 saturated heterocycles. The van der Waals surface area contributed by atoms with Crippen LogP contribution in [-0.2, 0) is 38.0 Å². The lowest BCUT2D eigenvalue weighted by Crippen LogP contribution is -2.80. The van der Waals surface area contributed by atoms with Crippen LogP contribution in [0.4, 0.5) is 0 Å². The standard InChI is InChI=1S/C27H40O9/c1-6-13(2)22(30)36-24-27-18(11-17(34-24)21(29)26(27)12-32-26)25(5,14(3)9-20(27)33-15(4)28)19-10-16-7-8-31-23(16)35-19/h13-14,16-21,23-24,29H,6-12H2,1-5H3/t13?,14-,16-,17-,18-,19+,20+,21+,23+,24+,25+,26-,27+/m1/s1. The minimum atomic E-state index is -1.04. The molecule has 0 aromatic rings. The van der Waals surface area contributed by atoms with Crippen molar-refractivity contribution in [1.82, 2.24) is 0 Å². The van der Waals surface area contributed by atoms with E-state index in [1.54, 1.807) is 0 Å². The van der Waals surface area contributed by atoms with Gasteiger partial charge in [0, 0.05) is 18.3 Å². The van der Waals surface area contributed by atoms with Crippen molar-refractivity contribution in [2.45, 2.75) is 109 Å². The molecule has 0 aromatic heterocycles. The van der Waals surface area contributed by atoms with Gasteiger partial charge >= 0.3 is 11.9 Å². The molecule has 13 atom stereocenters. The molecule has 1 N–H and O–H groups in total. The fraction of sp³-hybridized carbons (Fsp3) is 0.926. The van der Waals surface area contributed by atoms with Crippen LogP contribution >= 0.6 is 0 Å². The van der Waals surface area contributed by atoms with Crippen LogP contribution in [0.1, 0.15) is 66.7 Å². The molecule has 2 spiro atoms. The fourth-order valence-electron chi connectivity index (χ4n) is 8.48. The van der Waals surface area contributed by atoms with Gasteiger partial charge in [0.25, 0.3) is 0 Å². The van der Waals surface area contributed by atoms with Gasteiger partial charge in [-0.1, -0.05) is 27.7 Å². The minimum Gasteiger partial charge on any atom is -0.462 e. The number of hydrogen-bond acceptors (Lipinski definition) is 9. The second-order valence-corrected chi connectivity index (χ2v) is 12.3. The first-order valence-corrected chi connectivity index (χ1v) is 13.7. The number of hydrogen-bond donors (Lipinski definition) is 1. The van der Waals surface area contributed by atoms with Gasteiger partial charge in [0.05, 0.1) is 31.3 Å². The van der Waals surface area contributed by atoms with Crippen molar-refractivity contribution >= 4 is 11.9 Å². The van der Waals surface area contributed by atoms with Gasteiger partial charge in [-0.2, -0.15) is 0 Å². The Morgan fingerprint density at radius 2 is 1.92 bits per heavy atom. The summed E-state index contributed by atoms with van der Waals surface area (Å²) in [6, 6.07) is 0. The van der Waals surface area contributed by atoms with E-state index >= 15 is 0 Å². The van der Waals surface area contributed by atoms with E-state index in [-0.39, 0.29) is 41.5 Å². The van der Waals surface area contributed by atoms with Crippen molar-refractivity contribution in [3.8, 4) is 0 Å². The molecule has 2 saturated carbocycles. The number of aliphatic hydroxyl groups excluding tert-OH is 1. The average molecular weight is 509 g/mol. The molecule has 9 heteroatoms. The minimum absolute atomic E-state index is 0.0684. The molecule has 0 radical (unpaired) electrons. The predicted molar refractivity (Wildman–Crippen MR) is 124 cm³/mol. The lowest BCUT2D eigenvalue weighted by Gasteiger charge is -2.69. The number of esters is 2. The Morgan fingerprint density at radius 3 is 2.56 bits per heavy atom. The van der Waals surface area contributed by atoms with Crippen molar-refractivity contribution in [3.05, 3.63) is 0 Å². The summed E-state index contributed by atoms with van der Waals surface area (Å²) in [5, 5.41) is 11.4. The van der Waals surface area contributed by atoms with Gasteiger partial charge in [-0.25, -0.2) is 0 Å². The number of ether oxygens (including phenoxy) is 6. The van der Waals surface area contributed by atoms with Crippen molar-refractivity contribution in [3.63, 3.8) is 0 Å². The van der Waals surface area contributed by atoms with Crippen LogP contribution in [0.25, 0.3) is 0 Å². The second-order valence-electron chi connectivity index (χ2n) is 12.3. The smallest absolute Gasteiger partial charge is 0.310 e. The largest absolute Gasteiger partial charge is 0.462 e. The molecule has 2 bridgehead atoms. The lowest BCUT2D eigenvalue weighted by molar-refractivity contribution is -0.397. The Kier molecular flexibility index (Phi) is 5.82.